The fourth-order valence-corrected chi connectivity index (χ4v) is 3.13. The van der Waals surface area contributed by atoms with Crippen LogP contribution in [0.2, 0.25) is 0 Å². The number of carbonyl (C=O) groups is 2. The van der Waals surface area contributed by atoms with Gasteiger partial charge in [0.25, 0.3) is 0 Å². The molecule has 7 nitrogen and oxygen atoms in total. The third-order valence-corrected chi connectivity index (χ3v) is 4.79. The number of methoxy groups -OCH3 is 2. The van der Waals surface area contributed by atoms with Gasteiger partial charge in [-0.2, -0.15) is 0 Å². The minimum Gasteiger partial charge on any atom is -0.497 e. The summed E-state index contributed by atoms with van der Waals surface area (Å²) in [5.41, 5.74) is 1.11. The zero-order valence-electron chi connectivity index (χ0n) is 16.1. The van der Waals surface area contributed by atoms with Crippen LogP contribution in [0.1, 0.15) is 26.5 Å². The van der Waals surface area contributed by atoms with E-state index in [0.29, 0.717) is 32.5 Å². The van der Waals surface area contributed by atoms with Gasteiger partial charge in [0.05, 0.1) is 23.8 Å². The molecule has 1 aromatic heterocycles. The Bertz CT molecular complexity index is 1040. The number of benzene rings is 2. The van der Waals surface area contributed by atoms with Crippen molar-refractivity contribution in [2.45, 2.75) is 6.92 Å². The maximum absolute atomic E-state index is 12.5. The zero-order chi connectivity index (χ0) is 21.0. The first kappa shape index (κ1) is 20.9. The molecule has 3 rings (SSSR count). The minimum atomic E-state index is -0.544. The van der Waals surface area contributed by atoms with Gasteiger partial charge >= 0.3 is 11.9 Å². The van der Waals surface area contributed by atoms with Crippen molar-refractivity contribution in [3.05, 3.63) is 57.8 Å². The first-order valence-electron chi connectivity index (χ1n) is 8.69. The molecular formula is C21H19BrO7. The summed E-state index contributed by atoms with van der Waals surface area (Å²) in [6, 6.07) is 9.77. The van der Waals surface area contributed by atoms with Crippen LogP contribution in [0.15, 0.2) is 45.3 Å². The smallest absolute Gasteiger partial charge is 0.343 e. The van der Waals surface area contributed by atoms with E-state index in [0.717, 1.165) is 0 Å². The van der Waals surface area contributed by atoms with Crippen LogP contribution in [0.4, 0.5) is 0 Å². The molecule has 3 aromatic rings. The Morgan fingerprint density at radius 1 is 1.03 bits per heavy atom. The summed E-state index contributed by atoms with van der Waals surface area (Å²) in [7, 11) is 3.07. The van der Waals surface area contributed by atoms with Crippen LogP contribution < -0.4 is 9.47 Å². The summed E-state index contributed by atoms with van der Waals surface area (Å²) in [4.78, 5) is 24.9. The molecule has 1 heterocycles. The van der Waals surface area contributed by atoms with Crippen molar-refractivity contribution < 1.29 is 33.0 Å². The first-order chi connectivity index (χ1) is 13.9. The lowest BCUT2D eigenvalue weighted by atomic mass is 10.1. The van der Waals surface area contributed by atoms with Crippen LogP contribution in [-0.2, 0) is 9.47 Å². The lowest BCUT2D eigenvalue weighted by Crippen LogP contribution is -2.11. The van der Waals surface area contributed by atoms with Crippen LogP contribution in [0.5, 0.6) is 11.5 Å². The van der Waals surface area contributed by atoms with Gasteiger partial charge in [0.15, 0.2) is 0 Å². The molecule has 0 saturated carbocycles. The standard InChI is InChI=1S/C21H19BrO7/c1-12-19(21(24)27-9-8-25-2)15-10-18(16(22)11-17(15)28-12)29-20(23)13-4-6-14(26-3)7-5-13/h4-7,10-11H,8-9H2,1-3H3. The number of ether oxygens (including phenoxy) is 4. The fourth-order valence-electron chi connectivity index (χ4n) is 2.73. The first-order valence-corrected chi connectivity index (χ1v) is 9.48. The number of esters is 2. The molecule has 0 amide bonds. The van der Waals surface area contributed by atoms with Crippen molar-refractivity contribution in [3.8, 4) is 11.5 Å². The van der Waals surface area contributed by atoms with E-state index in [1.54, 1.807) is 50.4 Å². The maximum atomic E-state index is 12.5. The van der Waals surface area contributed by atoms with E-state index in [9.17, 15) is 9.59 Å². The van der Waals surface area contributed by atoms with E-state index in [-0.39, 0.29) is 24.5 Å². The number of furan rings is 1. The third-order valence-electron chi connectivity index (χ3n) is 4.17. The van der Waals surface area contributed by atoms with Crippen LogP contribution in [-0.4, -0.2) is 39.4 Å². The van der Waals surface area contributed by atoms with Crippen molar-refractivity contribution >= 4 is 38.8 Å². The second-order valence-electron chi connectivity index (χ2n) is 6.06. The van der Waals surface area contributed by atoms with Crippen LogP contribution in [0.25, 0.3) is 11.0 Å². The summed E-state index contributed by atoms with van der Waals surface area (Å²) in [6.45, 7) is 2.08. The highest BCUT2D eigenvalue weighted by Crippen LogP contribution is 2.35. The molecule has 0 spiro atoms. The number of rotatable bonds is 7. The molecule has 0 N–H and O–H groups in total. The predicted octanol–water partition coefficient (Wildman–Crippen LogP) is 4.53. The molecule has 0 unspecified atom stereocenters. The van der Waals surface area contributed by atoms with Crippen molar-refractivity contribution in [1.29, 1.82) is 0 Å². The third kappa shape index (κ3) is 4.60. The Morgan fingerprint density at radius 2 is 1.76 bits per heavy atom. The summed E-state index contributed by atoms with van der Waals surface area (Å²) >= 11 is 3.37. The molecule has 0 aliphatic rings. The molecular weight excluding hydrogens is 444 g/mol. The largest absolute Gasteiger partial charge is 0.497 e. The average molecular weight is 463 g/mol. The number of hydrogen-bond donors (Lipinski definition) is 0. The van der Waals surface area contributed by atoms with E-state index in [1.165, 1.54) is 7.11 Å². The molecule has 2 aromatic carbocycles. The van der Waals surface area contributed by atoms with Gasteiger partial charge in [0.2, 0.25) is 0 Å². The topological polar surface area (TPSA) is 84.2 Å². The fraction of sp³-hybridized carbons (Fsp3) is 0.238. The number of halogens is 1. The van der Waals surface area contributed by atoms with Gasteiger partial charge in [-0.25, -0.2) is 9.59 Å². The van der Waals surface area contributed by atoms with Crippen molar-refractivity contribution in [1.82, 2.24) is 0 Å². The normalized spacial score (nSPS) is 10.8. The van der Waals surface area contributed by atoms with E-state index in [4.69, 9.17) is 23.4 Å². The summed E-state index contributed by atoms with van der Waals surface area (Å²) < 4.78 is 26.9. The van der Waals surface area contributed by atoms with E-state index in [2.05, 4.69) is 15.9 Å². The Balaban J connectivity index is 1.89. The maximum Gasteiger partial charge on any atom is 0.343 e. The zero-order valence-corrected chi connectivity index (χ0v) is 17.7. The SMILES string of the molecule is COCCOC(=O)c1c(C)oc2cc(Br)c(OC(=O)c3ccc(OC)cc3)cc12. The highest BCUT2D eigenvalue weighted by atomic mass is 79.9. The second-order valence-corrected chi connectivity index (χ2v) is 6.91. The lowest BCUT2D eigenvalue weighted by Gasteiger charge is -2.08. The van der Waals surface area contributed by atoms with E-state index >= 15 is 0 Å². The van der Waals surface area contributed by atoms with E-state index < -0.39 is 11.9 Å². The molecule has 0 aliphatic heterocycles. The van der Waals surface area contributed by atoms with Gasteiger partial charge in [0, 0.05) is 12.5 Å². The molecule has 8 heteroatoms. The van der Waals surface area contributed by atoms with Crippen LogP contribution in [0.3, 0.4) is 0 Å². The van der Waals surface area contributed by atoms with Gasteiger partial charge in [-0.15, -0.1) is 0 Å². The molecule has 0 aliphatic carbocycles. The van der Waals surface area contributed by atoms with Gasteiger partial charge in [-0.3, -0.25) is 0 Å². The van der Waals surface area contributed by atoms with Crippen molar-refractivity contribution in [2.24, 2.45) is 0 Å². The highest BCUT2D eigenvalue weighted by molar-refractivity contribution is 9.10. The van der Waals surface area contributed by atoms with Gasteiger partial charge in [-0.05, 0) is 59.3 Å². The molecule has 0 saturated heterocycles. The second kappa shape index (κ2) is 9.11. The molecule has 0 atom stereocenters. The van der Waals surface area contributed by atoms with Crippen LogP contribution >= 0.6 is 15.9 Å². The Labute approximate surface area is 175 Å². The van der Waals surface area contributed by atoms with Gasteiger partial charge in [-0.1, -0.05) is 0 Å². The number of aryl methyl sites for hydroxylation is 1. The average Bonchev–Trinajstić information content (AvgIpc) is 3.03. The number of fused-ring (bicyclic) bond motifs is 1. The minimum absolute atomic E-state index is 0.122. The molecule has 0 radical (unpaired) electrons. The predicted molar refractivity (Wildman–Crippen MR) is 109 cm³/mol. The summed E-state index contributed by atoms with van der Waals surface area (Å²) in [5, 5.41) is 0.491. The number of hydrogen-bond acceptors (Lipinski definition) is 7. The quantitative estimate of drug-likeness (QED) is 0.289. The summed E-state index contributed by atoms with van der Waals surface area (Å²) in [5.74, 6) is 0.220. The van der Waals surface area contributed by atoms with Crippen molar-refractivity contribution in [2.75, 3.05) is 27.4 Å². The van der Waals surface area contributed by atoms with Crippen molar-refractivity contribution in [3.63, 3.8) is 0 Å². The molecule has 152 valence electrons. The van der Waals surface area contributed by atoms with Gasteiger partial charge < -0.3 is 23.4 Å². The molecule has 29 heavy (non-hydrogen) atoms. The molecule has 0 bridgehead atoms. The Kier molecular flexibility index (Phi) is 6.56. The molecule has 0 fully saturated rings. The Hall–Kier alpha value is -2.84. The lowest BCUT2D eigenvalue weighted by molar-refractivity contribution is 0.0388. The monoisotopic (exact) mass is 462 g/mol. The summed E-state index contributed by atoms with van der Waals surface area (Å²) in [6.07, 6.45) is 0. The highest BCUT2D eigenvalue weighted by Gasteiger charge is 2.22. The van der Waals surface area contributed by atoms with E-state index in [1.807, 2.05) is 0 Å². The number of carbonyl (C=O) groups excluding carboxylic acids is 2. The van der Waals surface area contributed by atoms with Crippen LogP contribution in [0, 0.1) is 6.92 Å². The van der Waals surface area contributed by atoms with Gasteiger partial charge in [0.1, 0.15) is 35.0 Å². The Morgan fingerprint density at radius 3 is 2.41 bits per heavy atom.